The molecule has 0 spiro atoms. The van der Waals surface area contributed by atoms with Crippen LogP contribution < -0.4 is 0 Å². The highest BCUT2D eigenvalue weighted by molar-refractivity contribution is 4.87. The molecule has 0 heteroatoms. The van der Waals surface area contributed by atoms with Crippen LogP contribution in [0.1, 0.15) is 130 Å². The van der Waals surface area contributed by atoms with Crippen LogP contribution in [0.15, 0.2) is 0 Å². The molecule has 0 N–H and O–H groups in total. The molecular weight excluding hydrogens is 288 g/mol. The van der Waals surface area contributed by atoms with Gasteiger partial charge in [0.05, 0.1) is 0 Å². The molecule has 0 radical (unpaired) electrons. The molecule has 142 valence electrons. The topological polar surface area (TPSA) is 0 Å². The van der Waals surface area contributed by atoms with Crippen LogP contribution in [0.25, 0.3) is 0 Å². The fourth-order valence-corrected chi connectivity index (χ4v) is 5.80. The smallest absolute Gasteiger partial charge is 0.0274 e. The first-order chi connectivity index (χ1) is 11.7. The van der Waals surface area contributed by atoms with Crippen molar-refractivity contribution in [1.29, 1.82) is 0 Å². The number of rotatable bonds is 6. The third-order valence-corrected chi connectivity index (χ3v) is 8.16. The lowest BCUT2D eigenvalue weighted by molar-refractivity contribution is 0.0645. The Bertz CT molecular complexity index is 304. The summed E-state index contributed by atoms with van der Waals surface area (Å²) in [7, 11) is 0. The van der Waals surface area contributed by atoms with E-state index in [0.717, 1.165) is 17.8 Å². The van der Waals surface area contributed by atoms with Crippen LogP contribution in [0, 0.1) is 23.2 Å². The molecule has 2 atom stereocenters. The molecule has 0 heterocycles. The van der Waals surface area contributed by atoms with E-state index in [4.69, 9.17) is 0 Å². The maximum atomic E-state index is 2.65. The quantitative estimate of drug-likeness (QED) is 0.456. The third-order valence-electron chi connectivity index (χ3n) is 8.16. The largest absolute Gasteiger partial charge is 0.0648 e. The van der Waals surface area contributed by atoms with Crippen molar-refractivity contribution < 1.29 is 0 Å². The van der Waals surface area contributed by atoms with E-state index in [1.54, 1.807) is 0 Å². The summed E-state index contributed by atoms with van der Waals surface area (Å²) in [5.74, 6) is 2.96. The summed E-state index contributed by atoms with van der Waals surface area (Å²) in [6, 6.07) is 0. The lowest BCUT2D eigenvalue weighted by atomic mass is 9.62. The van der Waals surface area contributed by atoms with Crippen LogP contribution in [0.5, 0.6) is 0 Å². The predicted molar refractivity (Wildman–Crippen MR) is 108 cm³/mol. The molecule has 0 aromatic heterocycles. The summed E-state index contributed by atoms with van der Waals surface area (Å²) in [6.07, 6.45) is 25.5. The Labute approximate surface area is 153 Å². The van der Waals surface area contributed by atoms with E-state index in [-0.39, 0.29) is 0 Å². The van der Waals surface area contributed by atoms with Gasteiger partial charge in [0, 0.05) is 0 Å². The van der Waals surface area contributed by atoms with Gasteiger partial charge in [-0.25, -0.2) is 0 Å². The Morgan fingerprint density at radius 1 is 0.750 bits per heavy atom. The minimum absolute atomic E-state index is 0.596. The SMILES string of the molecule is CCC(C)(C(C)CCC1CCCCCCC1)C1CCCCCCC1. The highest BCUT2D eigenvalue weighted by Crippen LogP contribution is 2.47. The van der Waals surface area contributed by atoms with Gasteiger partial charge in [-0.05, 0) is 42.4 Å². The van der Waals surface area contributed by atoms with Crippen molar-refractivity contribution in [2.45, 2.75) is 130 Å². The summed E-state index contributed by atoms with van der Waals surface area (Å²) in [6.45, 7) is 7.73. The second-order valence-electron chi connectivity index (χ2n) is 9.59. The first-order valence-electron chi connectivity index (χ1n) is 11.7. The van der Waals surface area contributed by atoms with Crippen LogP contribution in [0.3, 0.4) is 0 Å². The average Bonchev–Trinajstić information content (AvgIpc) is 2.52. The van der Waals surface area contributed by atoms with E-state index in [0.29, 0.717) is 5.41 Å². The maximum absolute atomic E-state index is 2.65. The highest BCUT2D eigenvalue weighted by atomic mass is 14.4. The molecule has 2 aliphatic rings. The van der Waals surface area contributed by atoms with Gasteiger partial charge in [-0.2, -0.15) is 0 Å². The Morgan fingerprint density at radius 2 is 1.21 bits per heavy atom. The Kier molecular flexibility index (Phi) is 9.20. The van der Waals surface area contributed by atoms with E-state index in [1.807, 2.05) is 0 Å². The molecule has 0 nitrogen and oxygen atoms in total. The van der Waals surface area contributed by atoms with Crippen molar-refractivity contribution in [2.75, 3.05) is 0 Å². The maximum Gasteiger partial charge on any atom is -0.0274 e. The van der Waals surface area contributed by atoms with Gasteiger partial charge in [0.25, 0.3) is 0 Å². The normalized spacial score (nSPS) is 26.6. The first kappa shape index (κ1) is 20.3. The van der Waals surface area contributed by atoms with E-state index >= 15 is 0 Å². The van der Waals surface area contributed by atoms with Crippen molar-refractivity contribution in [3.8, 4) is 0 Å². The van der Waals surface area contributed by atoms with Gasteiger partial charge in [-0.15, -0.1) is 0 Å². The Morgan fingerprint density at radius 3 is 1.71 bits per heavy atom. The van der Waals surface area contributed by atoms with Gasteiger partial charge < -0.3 is 0 Å². The molecule has 2 aliphatic carbocycles. The summed E-state index contributed by atoms with van der Waals surface area (Å²) < 4.78 is 0. The number of hydrogen-bond donors (Lipinski definition) is 0. The van der Waals surface area contributed by atoms with Gasteiger partial charge >= 0.3 is 0 Å². The molecule has 2 unspecified atom stereocenters. The molecule has 0 aliphatic heterocycles. The van der Waals surface area contributed by atoms with Crippen LogP contribution >= 0.6 is 0 Å². The van der Waals surface area contributed by atoms with Gasteiger partial charge in [-0.3, -0.25) is 0 Å². The summed E-state index contributed by atoms with van der Waals surface area (Å²) >= 11 is 0. The zero-order valence-electron chi connectivity index (χ0n) is 17.3. The van der Waals surface area contributed by atoms with Gasteiger partial charge in [0.15, 0.2) is 0 Å². The Balaban J connectivity index is 1.86. The zero-order valence-corrected chi connectivity index (χ0v) is 17.3. The van der Waals surface area contributed by atoms with Crippen LogP contribution in [-0.4, -0.2) is 0 Å². The van der Waals surface area contributed by atoms with E-state index in [1.165, 1.54) is 109 Å². The van der Waals surface area contributed by atoms with Gasteiger partial charge in [0.2, 0.25) is 0 Å². The van der Waals surface area contributed by atoms with Crippen molar-refractivity contribution in [3.05, 3.63) is 0 Å². The van der Waals surface area contributed by atoms with Crippen LogP contribution in [0.4, 0.5) is 0 Å². The van der Waals surface area contributed by atoms with Crippen LogP contribution in [0.2, 0.25) is 0 Å². The molecule has 24 heavy (non-hydrogen) atoms. The lowest BCUT2D eigenvalue weighted by Crippen LogP contribution is -2.34. The standard InChI is InChI=1S/C24H46/c1-4-24(3,23-17-13-9-6-10-14-18-23)21(2)19-20-22-15-11-7-5-8-12-16-22/h21-23H,4-20H2,1-3H3. The molecule has 0 amide bonds. The summed E-state index contributed by atoms with van der Waals surface area (Å²) in [5.41, 5.74) is 0.596. The first-order valence-corrected chi connectivity index (χ1v) is 11.7. The second kappa shape index (κ2) is 10.9. The summed E-state index contributed by atoms with van der Waals surface area (Å²) in [5, 5.41) is 0. The molecular formula is C24H46. The van der Waals surface area contributed by atoms with E-state index in [2.05, 4.69) is 20.8 Å². The Hall–Kier alpha value is 0. The van der Waals surface area contributed by atoms with Crippen molar-refractivity contribution >= 4 is 0 Å². The van der Waals surface area contributed by atoms with Crippen molar-refractivity contribution in [3.63, 3.8) is 0 Å². The molecule has 0 aromatic carbocycles. The predicted octanol–water partition coefficient (Wildman–Crippen LogP) is 8.54. The molecule has 2 saturated carbocycles. The minimum atomic E-state index is 0.596. The average molecular weight is 335 g/mol. The second-order valence-corrected chi connectivity index (χ2v) is 9.59. The van der Waals surface area contributed by atoms with Gasteiger partial charge in [0.1, 0.15) is 0 Å². The zero-order chi connectivity index (χ0) is 17.3. The van der Waals surface area contributed by atoms with Gasteiger partial charge in [-0.1, -0.05) is 111 Å². The fraction of sp³-hybridized carbons (Fsp3) is 1.00. The van der Waals surface area contributed by atoms with E-state index in [9.17, 15) is 0 Å². The number of hydrogen-bond acceptors (Lipinski definition) is 0. The minimum Gasteiger partial charge on any atom is -0.0648 e. The highest BCUT2D eigenvalue weighted by Gasteiger charge is 2.37. The van der Waals surface area contributed by atoms with Crippen molar-refractivity contribution in [1.82, 2.24) is 0 Å². The van der Waals surface area contributed by atoms with Crippen LogP contribution in [-0.2, 0) is 0 Å². The molecule has 2 fully saturated rings. The summed E-state index contributed by atoms with van der Waals surface area (Å²) in [4.78, 5) is 0. The van der Waals surface area contributed by atoms with Crippen molar-refractivity contribution in [2.24, 2.45) is 23.2 Å². The fourth-order valence-electron chi connectivity index (χ4n) is 5.80. The molecule has 0 aromatic rings. The third kappa shape index (κ3) is 6.06. The molecule has 2 rings (SSSR count). The van der Waals surface area contributed by atoms with E-state index < -0.39 is 0 Å². The molecule has 0 saturated heterocycles. The molecule has 0 bridgehead atoms. The monoisotopic (exact) mass is 334 g/mol. The lowest BCUT2D eigenvalue weighted by Gasteiger charge is -2.44.